The number of carbonyl (C=O) groups excluding carboxylic acids is 3. The van der Waals surface area contributed by atoms with Crippen LogP contribution in [-0.2, 0) is 80.3 Å². The van der Waals surface area contributed by atoms with Crippen molar-refractivity contribution in [2.75, 3.05) is 0 Å². The number of hydrogen-bond donors (Lipinski definition) is 3. The summed E-state index contributed by atoms with van der Waals surface area (Å²) in [6.45, 7) is 6.94. The number of fused-ring (bicyclic) bond motifs is 2. The third-order valence-electron chi connectivity index (χ3n) is 9.33. The van der Waals surface area contributed by atoms with Crippen LogP contribution < -0.4 is 16.7 Å². The van der Waals surface area contributed by atoms with Gasteiger partial charge in [-0.15, -0.1) is 0 Å². The number of ketones is 2. The molecule has 4 aromatic rings. The molecule has 0 amide bonds. The number of hydrogen-bond acceptors (Lipinski definition) is 9. The molecular weight excluding hydrogens is 668 g/mol. The lowest BCUT2D eigenvalue weighted by molar-refractivity contribution is -0.154. The van der Waals surface area contributed by atoms with E-state index in [1.165, 1.54) is 0 Å². The summed E-state index contributed by atoms with van der Waals surface area (Å²) in [6, 6.07) is 27.3. The molecule has 2 aliphatic rings. The molecule has 0 unspecified atom stereocenters. The quantitative estimate of drug-likeness (QED) is 0.130. The number of esters is 1. The maximum atomic E-state index is 12.4. The molecule has 9 nitrogen and oxygen atoms in total. The van der Waals surface area contributed by atoms with E-state index in [4.69, 9.17) is 19.8 Å². The fourth-order valence-electron chi connectivity index (χ4n) is 6.59. The molecule has 0 saturated carbocycles. The van der Waals surface area contributed by atoms with Gasteiger partial charge in [-0.05, 0) is 95.5 Å². The minimum Gasteiger partial charge on any atom is -0.460 e. The number of rotatable bonds is 14. The molecule has 0 aliphatic carbocycles. The summed E-state index contributed by atoms with van der Waals surface area (Å²) in [5.74, 6) is 0.142. The monoisotopic (exact) mass is 717 g/mol. The van der Waals surface area contributed by atoms with Gasteiger partial charge in [0.15, 0.2) is 0 Å². The zero-order valence-electron chi connectivity index (χ0n) is 30.9. The minimum absolute atomic E-state index is 0.155. The maximum Gasteiger partial charge on any atom is 0.492 e. The Bertz CT molecular complexity index is 1870. The Morgan fingerprint density at radius 1 is 0.642 bits per heavy atom. The zero-order chi connectivity index (χ0) is 38.0. The van der Waals surface area contributed by atoms with Crippen LogP contribution in [0, 0.1) is 0 Å². The average molecular weight is 717 g/mol. The van der Waals surface area contributed by atoms with Crippen LogP contribution in [0.4, 0.5) is 0 Å². The molecule has 276 valence electrons. The van der Waals surface area contributed by atoms with Crippen molar-refractivity contribution in [3.63, 3.8) is 0 Å². The summed E-state index contributed by atoms with van der Waals surface area (Å²) in [7, 11) is -1.75. The molecule has 11 heteroatoms. The first-order valence-electron chi connectivity index (χ1n) is 18.3. The third-order valence-corrected chi connectivity index (χ3v) is 9.33. The molecule has 2 heterocycles. The summed E-state index contributed by atoms with van der Waals surface area (Å²) in [5.41, 5.74) is 14.8. The predicted octanol–water partition coefficient (Wildman–Crippen LogP) is 4.03. The first-order chi connectivity index (χ1) is 25.4. The fraction of sp³-hybridized carbons (Fsp3) is 0.357. The van der Waals surface area contributed by atoms with E-state index >= 15 is 0 Å². The van der Waals surface area contributed by atoms with E-state index in [2.05, 4.69) is 0 Å². The SMILES string of the molecule is CC(C)(C)OC(=O)CCc1ccc(CC(=O)CCc2cccc3c2B(O)OC3)cc1.NCc1ccc(CC(=O)CCc2cccc3c2B(O)OC3)cc1. The number of carbonyl (C=O) groups is 3. The summed E-state index contributed by atoms with van der Waals surface area (Å²) >= 11 is 0. The third kappa shape index (κ3) is 11.8. The first-order valence-corrected chi connectivity index (χ1v) is 18.3. The van der Waals surface area contributed by atoms with E-state index in [1.807, 2.05) is 106 Å². The van der Waals surface area contributed by atoms with Gasteiger partial charge in [-0.3, -0.25) is 14.4 Å². The Morgan fingerprint density at radius 3 is 1.51 bits per heavy atom. The predicted molar refractivity (Wildman–Crippen MR) is 207 cm³/mol. The van der Waals surface area contributed by atoms with E-state index in [0.717, 1.165) is 55.4 Å². The number of aryl methyl sites for hydroxylation is 3. The van der Waals surface area contributed by atoms with Crippen LogP contribution in [0.25, 0.3) is 0 Å². The standard InChI is InChI=1S/C24H29BO5.C18H20BNO3/c1-24(2,3)30-22(27)14-11-17-7-9-18(10-8-17)15-21(26)13-12-19-5-4-6-20-16-29-25(28)23(19)20;20-11-14-6-4-13(5-7-14)10-17(21)9-8-15-2-1-3-16-12-23-19(22)18(15)16/h4-10,28H,11-16H2,1-3H3;1-7,22H,8-12,20H2. The molecule has 53 heavy (non-hydrogen) atoms. The summed E-state index contributed by atoms with van der Waals surface area (Å²) in [6.07, 6.45) is 3.86. The largest absolute Gasteiger partial charge is 0.492 e. The van der Waals surface area contributed by atoms with Crippen molar-refractivity contribution in [3.05, 3.63) is 129 Å². The second kappa shape index (κ2) is 18.6. The summed E-state index contributed by atoms with van der Waals surface area (Å²) in [4.78, 5) is 36.5. The lowest BCUT2D eigenvalue weighted by atomic mass is 9.75. The van der Waals surface area contributed by atoms with Crippen molar-refractivity contribution < 1.29 is 38.5 Å². The van der Waals surface area contributed by atoms with Crippen molar-refractivity contribution in [2.45, 2.75) is 97.5 Å². The number of ether oxygens (including phenoxy) is 1. The molecule has 6 rings (SSSR count). The lowest BCUT2D eigenvalue weighted by Crippen LogP contribution is -2.31. The first kappa shape index (κ1) is 39.8. The Hall–Kier alpha value is -4.38. The van der Waals surface area contributed by atoms with Crippen molar-refractivity contribution in [2.24, 2.45) is 5.73 Å². The second-order valence-corrected chi connectivity index (χ2v) is 14.7. The number of nitrogens with two attached hydrogens (primary N) is 1. The number of benzene rings is 4. The maximum absolute atomic E-state index is 12.4. The molecule has 0 fully saturated rings. The normalized spacial score (nSPS) is 13.2. The van der Waals surface area contributed by atoms with Gasteiger partial charge in [0.25, 0.3) is 0 Å². The Kier molecular flexibility index (Phi) is 14.0. The van der Waals surface area contributed by atoms with Gasteiger partial charge in [0.1, 0.15) is 17.2 Å². The smallest absolute Gasteiger partial charge is 0.460 e. The molecule has 0 radical (unpaired) electrons. The van der Waals surface area contributed by atoms with Crippen LogP contribution in [0.5, 0.6) is 0 Å². The highest BCUT2D eigenvalue weighted by Gasteiger charge is 2.30. The highest BCUT2D eigenvalue weighted by atomic mass is 16.6. The van der Waals surface area contributed by atoms with Gasteiger partial charge in [0, 0.05) is 38.6 Å². The minimum atomic E-state index is -0.889. The molecular formula is C42H49B2NO8. The molecule has 0 aromatic heterocycles. The van der Waals surface area contributed by atoms with Crippen LogP contribution in [0.1, 0.15) is 84.5 Å². The summed E-state index contributed by atoms with van der Waals surface area (Å²) < 4.78 is 15.9. The topological polar surface area (TPSA) is 145 Å². The molecule has 2 aliphatic heterocycles. The van der Waals surface area contributed by atoms with Crippen molar-refractivity contribution in [3.8, 4) is 0 Å². The van der Waals surface area contributed by atoms with Gasteiger partial charge in [-0.2, -0.15) is 0 Å². The molecule has 0 spiro atoms. The van der Waals surface area contributed by atoms with Crippen LogP contribution in [0.15, 0.2) is 84.9 Å². The highest BCUT2D eigenvalue weighted by Crippen LogP contribution is 2.17. The van der Waals surface area contributed by atoms with Gasteiger partial charge in [-0.1, -0.05) is 84.9 Å². The van der Waals surface area contributed by atoms with Crippen molar-refractivity contribution in [1.29, 1.82) is 0 Å². The van der Waals surface area contributed by atoms with Crippen LogP contribution in [-0.4, -0.2) is 47.4 Å². The van der Waals surface area contributed by atoms with Gasteiger partial charge in [-0.25, -0.2) is 0 Å². The molecule has 0 saturated heterocycles. The molecule has 0 atom stereocenters. The molecule has 0 bridgehead atoms. The van der Waals surface area contributed by atoms with E-state index < -0.39 is 19.8 Å². The average Bonchev–Trinajstić information content (AvgIpc) is 3.72. The highest BCUT2D eigenvalue weighted by molar-refractivity contribution is 6.62. The van der Waals surface area contributed by atoms with Gasteiger partial charge in [0.2, 0.25) is 0 Å². The molecule has 4 aromatic carbocycles. The van der Waals surface area contributed by atoms with E-state index in [0.29, 0.717) is 71.1 Å². The lowest BCUT2D eigenvalue weighted by Gasteiger charge is -2.19. The Balaban J connectivity index is 0.000000211. The van der Waals surface area contributed by atoms with Crippen LogP contribution in [0.2, 0.25) is 0 Å². The van der Waals surface area contributed by atoms with Crippen molar-refractivity contribution in [1.82, 2.24) is 0 Å². The van der Waals surface area contributed by atoms with Crippen molar-refractivity contribution >= 4 is 42.7 Å². The van der Waals surface area contributed by atoms with Gasteiger partial charge < -0.3 is 29.8 Å². The second-order valence-electron chi connectivity index (χ2n) is 14.7. The van der Waals surface area contributed by atoms with Crippen LogP contribution >= 0.6 is 0 Å². The number of Topliss-reactive ketones (excluding diaryl/α,β-unsaturated/α-hetero) is 2. The van der Waals surface area contributed by atoms with E-state index in [1.54, 1.807) is 0 Å². The van der Waals surface area contributed by atoms with E-state index in [-0.39, 0.29) is 17.5 Å². The van der Waals surface area contributed by atoms with Crippen LogP contribution in [0.3, 0.4) is 0 Å². The molecule has 4 N–H and O–H groups in total. The van der Waals surface area contributed by atoms with Gasteiger partial charge in [0.05, 0.1) is 13.2 Å². The summed E-state index contributed by atoms with van der Waals surface area (Å²) in [5, 5.41) is 19.9. The Labute approximate surface area is 313 Å². The van der Waals surface area contributed by atoms with E-state index in [9.17, 15) is 24.4 Å². The van der Waals surface area contributed by atoms with Gasteiger partial charge >= 0.3 is 20.2 Å². The fourth-order valence-corrected chi connectivity index (χ4v) is 6.59. The zero-order valence-corrected chi connectivity index (χ0v) is 30.9. The Morgan fingerprint density at radius 2 is 1.08 bits per heavy atom.